The maximum Gasteiger partial charge on any atom is 0.254 e. The molecular formula is C19H29N3O4S. The molecule has 2 aliphatic rings. The molecule has 0 aromatic heterocycles. The number of ether oxygens (including phenoxy) is 1. The summed E-state index contributed by atoms with van der Waals surface area (Å²) in [6.45, 7) is 8.83. The molecule has 2 fully saturated rings. The molecule has 1 aromatic rings. The van der Waals surface area contributed by atoms with Crippen molar-refractivity contribution in [3.63, 3.8) is 0 Å². The first-order valence-corrected chi connectivity index (χ1v) is 11.1. The van der Waals surface area contributed by atoms with Gasteiger partial charge in [0, 0.05) is 43.8 Å². The fraction of sp³-hybridized carbons (Fsp3) is 0.632. The maximum atomic E-state index is 13.2. The molecule has 1 N–H and O–H groups in total. The number of nitrogens with one attached hydrogen (secondary N) is 1. The van der Waals surface area contributed by atoms with Crippen LogP contribution in [0.25, 0.3) is 0 Å². The largest absolute Gasteiger partial charge is 0.379 e. The fourth-order valence-electron chi connectivity index (χ4n) is 3.65. The Labute approximate surface area is 161 Å². The number of nitrogens with zero attached hydrogens (tertiary/aromatic N) is 2. The normalized spacial score (nSPS) is 24.8. The van der Waals surface area contributed by atoms with Crippen molar-refractivity contribution in [3.05, 3.63) is 29.3 Å². The van der Waals surface area contributed by atoms with Crippen molar-refractivity contribution in [1.82, 2.24) is 14.5 Å². The van der Waals surface area contributed by atoms with Crippen LogP contribution in [0.15, 0.2) is 23.1 Å². The number of carbonyl (C=O) groups excluding carboxylic acids is 1. The predicted octanol–water partition coefficient (Wildman–Crippen LogP) is 1.09. The standard InChI is InChI=1S/C19H29N3O4S/c1-4-16-5-6-17(19(23)22-8-7-20-14(2)15(22)3)13-18(16)27(24,25)21-9-11-26-12-10-21/h5-6,13-15,20H,4,7-12H2,1-3H3. The van der Waals surface area contributed by atoms with Gasteiger partial charge in [-0.25, -0.2) is 8.42 Å². The number of aryl methyl sites for hydroxylation is 1. The highest BCUT2D eigenvalue weighted by Gasteiger charge is 2.32. The van der Waals surface area contributed by atoms with E-state index in [-0.39, 0.29) is 22.9 Å². The van der Waals surface area contributed by atoms with Crippen LogP contribution in [0.3, 0.4) is 0 Å². The van der Waals surface area contributed by atoms with E-state index in [9.17, 15) is 13.2 Å². The highest BCUT2D eigenvalue weighted by molar-refractivity contribution is 7.89. The molecule has 2 unspecified atom stereocenters. The van der Waals surface area contributed by atoms with Gasteiger partial charge < -0.3 is 15.0 Å². The van der Waals surface area contributed by atoms with Crippen LogP contribution in [0.1, 0.15) is 36.7 Å². The molecule has 2 saturated heterocycles. The lowest BCUT2D eigenvalue weighted by Gasteiger charge is -2.38. The van der Waals surface area contributed by atoms with E-state index in [1.54, 1.807) is 18.2 Å². The van der Waals surface area contributed by atoms with E-state index < -0.39 is 10.0 Å². The minimum absolute atomic E-state index is 0.0522. The predicted molar refractivity (Wildman–Crippen MR) is 103 cm³/mol. The molecule has 27 heavy (non-hydrogen) atoms. The number of rotatable bonds is 4. The summed E-state index contributed by atoms with van der Waals surface area (Å²) in [6, 6.07) is 5.34. The lowest BCUT2D eigenvalue weighted by atomic mass is 10.0. The number of carbonyl (C=O) groups is 1. The van der Waals surface area contributed by atoms with Crippen molar-refractivity contribution < 1.29 is 17.9 Å². The van der Waals surface area contributed by atoms with E-state index in [1.807, 2.05) is 18.7 Å². The third-order valence-electron chi connectivity index (χ3n) is 5.58. The number of benzene rings is 1. The fourth-order valence-corrected chi connectivity index (χ4v) is 5.38. The van der Waals surface area contributed by atoms with Gasteiger partial charge in [-0.05, 0) is 38.0 Å². The Hall–Kier alpha value is -1.48. The Morgan fingerprint density at radius 3 is 2.59 bits per heavy atom. The van der Waals surface area contributed by atoms with Crippen molar-refractivity contribution in [2.75, 3.05) is 39.4 Å². The summed E-state index contributed by atoms with van der Waals surface area (Å²) in [5, 5.41) is 3.36. The molecule has 1 amide bonds. The van der Waals surface area contributed by atoms with E-state index in [4.69, 9.17) is 4.74 Å². The number of morpholine rings is 1. The third kappa shape index (κ3) is 4.03. The average molecular weight is 396 g/mol. The van der Waals surface area contributed by atoms with Gasteiger partial charge in [-0.3, -0.25) is 4.79 Å². The molecule has 8 heteroatoms. The minimum atomic E-state index is -3.65. The highest BCUT2D eigenvalue weighted by Crippen LogP contribution is 2.25. The summed E-state index contributed by atoms with van der Waals surface area (Å²) < 4.78 is 33.1. The first kappa shape index (κ1) is 20.3. The van der Waals surface area contributed by atoms with Crippen LogP contribution in [0.5, 0.6) is 0 Å². The topological polar surface area (TPSA) is 79.0 Å². The number of amides is 1. The minimum Gasteiger partial charge on any atom is -0.379 e. The summed E-state index contributed by atoms with van der Waals surface area (Å²) in [4.78, 5) is 15.2. The zero-order valence-corrected chi connectivity index (χ0v) is 17.1. The summed E-state index contributed by atoms with van der Waals surface area (Å²) >= 11 is 0. The molecule has 2 heterocycles. The Morgan fingerprint density at radius 2 is 1.93 bits per heavy atom. The van der Waals surface area contributed by atoms with Gasteiger partial charge in [-0.15, -0.1) is 0 Å². The van der Waals surface area contributed by atoms with Crippen LogP contribution in [0.4, 0.5) is 0 Å². The maximum absolute atomic E-state index is 13.2. The zero-order valence-electron chi connectivity index (χ0n) is 16.3. The van der Waals surface area contributed by atoms with Gasteiger partial charge in [-0.1, -0.05) is 13.0 Å². The second kappa shape index (κ2) is 8.26. The molecule has 0 radical (unpaired) electrons. The summed E-state index contributed by atoms with van der Waals surface area (Å²) in [5.74, 6) is -0.114. The van der Waals surface area contributed by atoms with Crippen LogP contribution in [-0.4, -0.2) is 75.0 Å². The molecule has 0 aliphatic carbocycles. The van der Waals surface area contributed by atoms with Crippen molar-refractivity contribution in [1.29, 1.82) is 0 Å². The van der Waals surface area contributed by atoms with E-state index >= 15 is 0 Å². The molecule has 1 aromatic carbocycles. The SMILES string of the molecule is CCc1ccc(C(=O)N2CCNC(C)C2C)cc1S(=O)(=O)N1CCOCC1. The number of piperazine rings is 1. The van der Waals surface area contributed by atoms with Crippen molar-refractivity contribution in [3.8, 4) is 0 Å². The molecule has 7 nitrogen and oxygen atoms in total. The summed E-state index contributed by atoms with van der Waals surface area (Å²) in [5.41, 5.74) is 1.17. The first-order chi connectivity index (χ1) is 12.9. The molecule has 2 atom stereocenters. The quantitative estimate of drug-likeness (QED) is 0.826. The first-order valence-electron chi connectivity index (χ1n) is 9.61. The van der Waals surface area contributed by atoms with Crippen molar-refractivity contribution >= 4 is 15.9 Å². The van der Waals surface area contributed by atoms with Crippen LogP contribution >= 0.6 is 0 Å². The molecule has 2 aliphatic heterocycles. The highest BCUT2D eigenvalue weighted by atomic mass is 32.2. The number of sulfonamides is 1. The lowest BCUT2D eigenvalue weighted by molar-refractivity contribution is 0.0602. The molecule has 150 valence electrons. The second-order valence-corrected chi connectivity index (χ2v) is 9.08. The third-order valence-corrected chi connectivity index (χ3v) is 7.56. The smallest absolute Gasteiger partial charge is 0.254 e. The molecule has 3 rings (SSSR count). The van der Waals surface area contributed by atoms with Crippen LogP contribution in [0, 0.1) is 0 Å². The van der Waals surface area contributed by atoms with E-state index in [2.05, 4.69) is 12.2 Å². The molecule has 0 bridgehead atoms. The zero-order chi connectivity index (χ0) is 19.6. The van der Waals surface area contributed by atoms with Gasteiger partial charge >= 0.3 is 0 Å². The summed E-state index contributed by atoms with van der Waals surface area (Å²) in [7, 11) is -3.65. The van der Waals surface area contributed by atoms with Gasteiger partial charge in [0.15, 0.2) is 0 Å². The Morgan fingerprint density at radius 1 is 1.22 bits per heavy atom. The lowest BCUT2D eigenvalue weighted by Crippen LogP contribution is -2.57. The van der Waals surface area contributed by atoms with Gasteiger partial charge in [0.05, 0.1) is 18.1 Å². The van der Waals surface area contributed by atoms with E-state index in [1.165, 1.54) is 4.31 Å². The Bertz CT molecular complexity index is 790. The van der Waals surface area contributed by atoms with E-state index in [0.717, 1.165) is 12.1 Å². The number of hydrogen-bond donors (Lipinski definition) is 1. The van der Waals surface area contributed by atoms with Crippen molar-refractivity contribution in [2.24, 2.45) is 0 Å². The van der Waals surface area contributed by atoms with Crippen LogP contribution < -0.4 is 5.32 Å². The molecular weight excluding hydrogens is 366 g/mol. The molecule has 0 spiro atoms. The Balaban J connectivity index is 1.95. The van der Waals surface area contributed by atoms with Gasteiger partial charge in [0.2, 0.25) is 10.0 Å². The average Bonchev–Trinajstić information content (AvgIpc) is 2.69. The van der Waals surface area contributed by atoms with Crippen LogP contribution in [0.2, 0.25) is 0 Å². The second-order valence-electron chi connectivity index (χ2n) is 7.17. The summed E-state index contributed by atoms with van der Waals surface area (Å²) in [6.07, 6.45) is 0.592. The molecule has 0 saturated carbocycles. The van der Waals surface area contributed by atoms with Gasteiger partial charge in [0.1, 0.15) is 0 Å². The number of hydrogen-bond acceptors (Lipinski definition) is 5. The van der Waals surface area contributed by atoms with Gasteiger partial charge in [0.25, 0.3) is 5.91 Å². The van der Waals surface area contributed by atoms with Crippen LogP contribution in [-0.2, 0) is 21.2 Å². The van der Waals surface area contributed by atoms with E-state index in [0.29, 0.717) is 44.8 Å². The van der Waals surface area contributed by atoms with Crippen molar-refractivity contribution in [2.45, 2.75) is 44.2 Å². The van der Waals surface area contributed by atoms with Gasteiger partial charge in [-0.2, -0.15) is 4.31 Å². The monoisotopic (exact) mass is 395 g/mol. The Kier molecular flexibility index (Phi) is 6.20.